The number of aryl methyl sites for hydroxylation is 1. The quantitative estimate of drug-likeness (QED) is 0.712. The minimum atomic E-state index is -4.92. The van der Waals surface area contributed by atoms with E-state index < -0.39 is 37.1 Å². The molecule has 1 aromatic heterocycles. The van der Waals surface area contributed by atoms with E-state index in [9.17, 15) is 25.5 Å². The van der Waals surface area contributed by atoms with Crippen LogP contribution in [0.25, 0.3) is 0 Å². The Labute approximate surface area is 149 Å². The first kappa shape index (κ1) is 18.5. The molecule has 1 unspecified atom stereocenters. The van der Waals surface area contributed by atoms with Crippen molar-refractivity contribution in [1.82, 2.24) is 14.5 Å². The molecule has 9 nitrogen and oxygen atoms in total. The molecule has 1 N–H and O–H groups in total. The van der Waals surface area contributed by atoms with Gasteiger partial charge in [0.1, 0.15) is 6.04 Å². The lowest BCUT2D eigenvalue weighted by molar-refractivity contribution is -0.118. The van der Waals surface area contributed by atoms with Gasteiger partial charge in [-0.2, -0.15) is 18.2 Å². The molecule has 1 aliphatic rings. The van der Waals surface area contributed by atoms with Crippen molar-refractivity contribution in [2.45, 2.75) is 22.3 Å². The van der Waals surface area contributed by atoms with Gasteiger partial charge in [-0.25, -0.2) is 8.42 Å². The lowest BCUT2D eigenvalue weighted by atomic mass is 10.3. The van der Waals surface area contributed by atoms with Gasteiger partial charge in [0.05, 0.1) is 21.7 Å². The van der Waals surface area contributed by atoms with Crippen LogP contribution in [0.15, 0.2) is 46.5 Å². The molecular weight excluding hydrogens is 387 g/mol. The molecule has 1 fully saturated rings. The number of hydrogen-bond donors (Lipinski definition) is 1. The van der Waals surface area contributed by atoms with Crippen molar-refractivity contribution in [3.8, 4) is 0 Å². The Bertz CT molecular complexity index is 1050. The third-order valence-electron chi connectivity index (χ3n) is 3.92. The normalized spacial score (nSPS) is 18.5. The van der Waals surface area contributed by atoms with Crippen molar-refractivity contribution < 1.29 is 25.5 Å². The molecule has 3 rings (SSSR count). The summed E-state index contributed by atoms with van der Waals surface area (Å²) in [5.74, 6) is -0.412. The lowest BCUT2D eigenvalue weighted by Crippen LogP contribution is -2.41. The van der Waals surface area contributed by atoms with Crippen molar-refractivity contribution in [2.24, 2.45) is 7.05 Å². The van der Waals surface area contributed by atoms with Gasteiger partial charge in [-0.15, -0.1) is 3.89 Å². The molecule has 0 spiro atoms. The maximum absolute atomic E-state index is 12.9. The minimum absolute atomic E-state index is 0.266. The summed E-state index contributed by atoms with van der Waals surface area (Å²) in [7, 11) is -7.29. The molecule has 0 radical (unpaired) electrons. The Morgan fingerprint density at radius 1 is 1.15 bits per heavy atom. The molecule has 0 saturated carbocycles. The molecule has 12 heteroatoms. The largest absolute Gasteiger partial charge is 0.332 e. The fourth-order valence-electron chi connectivity index (χ4n) is 2.63. The highest BCUT2D eigenvalue weighted by molar-refractivity contribution is 7.89. The number of amides is 1. The van der Waals surface area contributed by atoms with Gasteiger partial charge in [-0.1, -0.05) is 0 Å². The van der Waals surface area contributed by atoms with Crippen molar-refractivity contribution >= 4 is 31.8 Å². The topological polar surface area (TPSA) is 118 Å². The van der Waals surface area contributed by atoms with E-state index in [1.807, 2.05) is 0 Å². The van der Waals surface area contributed by atoms with Gasteiger partial charge >= 0.3 is 10.2 Å². The van der Waals surface area contributed by atoms with E-state index >= 15 is 0 Å². The number of benzene rings is 1. The van der Waals surface area contributed by atoms with Gasteiger partial charge in [-0.3, -0.25) is 9.48 Å². The number of sulfonamides is 1. The Balaban J connectivity index is 1.76. The van der Waals surface area contributed by atoms with Gasteiger partial charge in [0.15, 0.2) is 0 Å². The van der Waals surface area contributed by atoms with Gasteiger partial charge in [-0.05, 0) is 30.7 Å². The van der Waals surface area contributed by atoms with Crippen LogP contribution < -0.4 is 9.62 Å². The summed E-state index contributed by atoms with van der Waals surface area (Å²) in [6.45, 7) is 0.330. The minimum Gasteiger partial charge on any atom is -0.308 e. The molecule has 1 amide bonds. The maximum atomic E-state index is 12.9. The van der Waals surface area contributed by atoms with E-state index in [-0.39, 0.29) is 11.3 Å². The second-order valence-corrected chi connectivity index (χ2v) is 8.79. The molecule has 0 bridgehead atoms. The van der Waals surface area contributed by atoms with E-state index in [2.05, 4.69) is 9.82 Å². The predicted molar refractivity (Wildman–Crippen MR) is 89.0 cm³/mol. The summed E-state index contributed by atoms with van der Waals surface area (Å²) in [5, 5.41) is 3.98. The molecule has 2 aromatic rings. The smallest absolute Gasteiger partial charge is 0.308 e. The first-order chi connectivity index (χ1) is 12.1. The van der Waals surface area contributed by atoms with Crippen LogP contribution in [0.5, 0.6) is 0 Å². The van der Waals surface area contributed by atoms with E-state index in [0.717, 1.165) is 24.3 Å². The van der Waals surface area contributed by atoms with E-state index in [0.29, 0.717) is 12.2 Å². The number of nitrogens with zero attached hydrogens (tertiary/aromatic N) is 3. The van der Waals surface area contributed by atoms with Crippen LogP contribution in [0, 0.1) is 0 Å². The fraction of sp³-hybridized carbons (Fsp3) is 0.286. The van der Waals surface area contributed by atoms with Crippen LogP contribution in [0.3, 0.4) is 0 Å². The number of carbonyl (C=O) groups is 1. The predicted octanol–water partition coefficient (Wildman–Crippen LogP) is 0.162. The average molecular weight is 402 g/mol. The first-order valence-corrected chi connectivity index (χ1v) is 10.3. The van der Waals surface area contributed by atoms with Crippen LogP contribution in [0.4, 0.5) is 9.57 Å². The molecule has 140 valence electrons. The van der Waals surface area contributed by atoms with Gasteiger partial charge in [0, 0.05) is 19.8 Å². The number of hydrogen-bond acceptors (Lipinski definition) is 6. The van der Waals surface area contributed by atoms with Gasteiger partial charge in [0.2, 0.25) is 15.9 Å². The molecule has 0 aliphatic carbocycles. The van der Waals surface area contributed by atoms with E-state index in [1.165, 1.54) is 15.8 Å². The highest BCUT2D eigenvalue weighted by atomic mass is 32.3. The Morgan fingerprint density at radius 2 is 1.77 bits per heavy atom. The monoisotopic (exact) mass is 402 g/mol. The highest BCUT2D eigenvalue weighted by Gasteiger charge is 2.36. The van der Waals surface area contributed by atoms with Crippen molar-refractivity contribution in [3.05, 3.63) is 36.7 Å². The standard InChI is InChI=1S/C14H15FN4O5S2/c1-18-9-10(8-16-18)19-7-6-13(14(19)20)17-26(23,24)12-4-2-11(3-5-12)25(15,21)22/h2-5,8-9,13,17H,6-7H2,1H3. The van der Waals surface area contributed by atoms with Crippen molar-refractivity contribution in [3.63, 3.8) is 0 Å². The molecule has 1 saturated heterocycles. The Hall–Kier alpha value is -2.31. The molecule has 1 aliphatic heterocycles. The fourth-order valence-corrected chi connectivity index (χ4v) is 4.31. The van der Waals surface area contributed by atoms with Crippen LogP contribution in [0.1, 0.15) is 6.42 Å². The number of rotatable bonds is 5. The number of aromatic nitrogens is 2. The molecule has 1 atom stereocenters. The summed E-state index contributed by atoms with van der Waals surface area (Å²) in [4.78, 5) is 13.0. The van der Waals surface area contributed by atoms with E-state index in [4.69, 9.17) is 0 Å². The van der Waals surface area contributed by atoms with Crippen LogP contribution >= 0.6 is 0 Å². The van der Waals surface area contributed by atoms with Crippen LogP contribution in [0.2, 0.25) is 0 Å². The van der Waals surface area contributed by atoms with Gasteiger partial charge < -0.3 is 4.90 Å². The van der Waals surface area contributed by atoms with Crippen LogP contribution in [-0.4, -0.2) is 45.1 Å². The zero-order valence-electron chi connectivity index (χ0n) is 13.5. The first-order valence-electron chi connectivity index (χ1n) is 7.45. The highest BCUT2D eigenvalue weighted by Crippen LogP contribution is 2.22. The average Bonchev–Trinajstić information content (AvgIpc) is 3.13. The summed E-state index contributed by atoms with van der Waals surface area (Å²) >= 11 is 0. The number of carbonyl (C=O) groups excluding carboxylic acids is 1. The lowest BCUT2D eigenvalue weighted by Gasteiger charge is -2.15. The number of halogens is 1. The third-order valence-corrected chi connectivity index (χ3v) is 6.24. The molecule has 2 heterocycles. The summed E-state index contributed by atoms with van der Waals surface area (Å²) in [5.41, 5.74) is 0.566. The number of nitrogens with one attached hydrogen (secondary N) is 1. The van der Waals surface area contributed by atoms with Crippen molar-refractivity contribution in [2.75, 3.05) is 11.4 Å². The SMILES string of the molecule is Cn1cc(N2CCC(NS(=O)(=O)c3ccc(S(=O)(=O)F)cc3)C2=O)cn1. The van der Waals surface area contributed by atoms with Crippen LogP contribution in [-0.2, 0) is 32.1 Å². The maximum Gasteiger partial charge on any atom is 0.332 e. The molecule has 1 aromatic carbocycles. The third kappa shape index (κ3) is 3.61. The zero-order valence-corrected chi connectivity index (χ0v) is 15.2. The molecule has 26 heavy (non-hydrogen) atoms. The van der Waals surface area contributed by atoms with E-state index in [1.54, 1.807) is 13.2 Å². The Morgan fingerprint density at radius 3 is 2.31 bits per heavy atom. The zero-order chi connectivity index (χ0) is 19.1. The summed E-state index contributed by atoms with van der Waals surface area (Å²) in [6, 6.07) is 2.68. The second-order valence-electron chi connectivity index (χ2n) is 5.73. The Kier molecular flexibility index (Phi) is 4.58. The molecular formula is C14H15FN4O5S2. The van der Waals surface area contributed by atoms with Crippen molar-refractivity contribution in [1.29, 1.82) is 0 Å². The summed E-state index contributed by atoms with van der Waals surface area (Å²) in [6.07, 6.45) is 3.42. The van der Waals surface area contributed by atoms with Gasteiger partial charge in [0.25, 0.3) is 0 Å². The second kappa shape index (κ2) is 6.45. The summed E-state index contributed by atoms with van der Waals surface area (Å²) < 4.78 is 63.1. The number of anilines is 1.